The van der Waals surface area contributed by atoms with Crippen molar-refractivity contribution in [3.63, 3.8) is 0 Å². The number of hydrogen-bond donors (Lipinski definition) is 1. The second kappa shape index (κ2) is 11.7. The van der Waals surface area contributed by atoms with Gasteiger partial charge in [-0.2, -0.15) is 0 Å². The number of pyridine rings is 2. The highest BCUT2D eigenvalue weighted by Crippen LogP contribution is 2.38. The highest BCUT2D eigenvalue weighted by atomic mass is 28.3. The molecule has 0 saturated heterocycles. The molecule has 0 saturated carbocycles. The zero-order valence-electron chi connectivity index (χ0n) is 29.4. The van der Waals surface area contributed by atoms with Gasteiger partial charge in [0, 0.05) is 38.9 Å². The molecule has 1 N–H and O–H groups in total. The molecule has 0 aliphatic rings. The van der Waals surface area contributed by atoms with Crippen LogP contribution in [-0.2, 0) is 10.8 Å². The lowest BCUT2D eigenvalue weighted by Gasteiger charge is -2.26. The molecule has 48 heavy (non-hydrogen) atoms. The van der Waals surface area contributed by atoms with Crippen molar-refractivity contribution in [2.45, 2.75) is 65.5 Å². The van der Waals surface area contributed by atoms with E-state index in [0.29, 0.717) is 0 Å². The first-order valence-corrected chi connectivity index (χ1v) is 20.0. The fourth-order valence-electron chi connectivity index (χ4n) is 6.68. The van der Waals surface area contributed by atoms with Crippen molar-refractivity contribution in [2.24, 2.45) is 0 Å². The minimum Gasteiger partial charge on any atom is -0.354 e. The van der Waals surface area contributed by atoms with Gasteiger partial charge in [0.2, 0.25) is 0 Å². The number of aromatic amines is 1. The molecular weight excluding hydrogens is 599 g/mol. The van der Waals surface area contributed by atoms with Crippen LogP contribution >= 0.6 is 0 Å². The molecule has 0 spiro atoms. The Morgan fingerprint density at radius 2 is 1.21 bits per heavy atom. The minimum absolute atomic E-state index is 0.0145. The van der Waals surface area contributed by atoms with Crippen molar-refractivity contribution in [3.05, 3.63) is 133 Å². The summed E-state index contributed by atoms with van der Waals surface area (Å²) in [6.07, 6.45) is 1.91. The number of para-hydroxylation sites is 2. The predicted octanol–water partition coefficient (Wildman–Crippen LogP) is 10.5. The number of nitrogens with one attached hydrogen (secondary N) is 1. The minimum atomic E-state index is -2.03. The highest BCUT2D eigenvalue weighted by molar-refractivity contribution is 7.00. The number of rotatable bonds is 5. The number of fused-ring (bicyclic) bond motifs is 3. The van der Waals surface area contributed by atoms with Crippen LogP contribution in [0.15, 0.2) is 121 Å². The third kappa shape index (κ3) is 5.90. The van der Waals surface area contributed by atoms with Crippen molar-refractivity contribution in [3.8, 4) is 33.6 Å². The molecule has 3 heterocycles. The second-order valence-electron chi connectivity index (χ2n) is 15.7. The molecule has 4 aromatic carbocycles. The number of benzene rings is 4. The smallest absolute Gasteiger partial charge is 0.135 e. The third-order valence-electron chi connectivity index (χ3n) is 9.83. The topological polar surface area (TPSA) is 41.6 Å². The maximum Gasteiger partial charge on any atom is 0.135 e. The highest BCUT2D eigenvalue weighted by Gasteiger charge is 2.28. The van der Waals surface area contributed by atoms with Gasteiger partial charge in [0.1, 0.15) is 8.07 Å². The van der Waals surface area contributed by atoms with Crippen LogP contribution in [0.2, 0.25) is 13.1 Å². The van der Waals surface area contributed by atoms with Crippen LogP contribution in [0.4, 0.5) is 0 Å². The molecule has 7 aromatic rings. The van der Waals surface area contributed by atoms with Crippen molar-refractivity contribution in [1.29, 1.82) is 0 Å². The van der Waals surface area contributed by atoms with Crippen molar-refractivity contribution < 1.29 is 0 Å². The zero-order valence-corrected chi connectivity index (χ0v) is 30.4. The summed E-state index contributed by atoms with van der Waals surface area (Å²) in [4.78, 5) is 13.9. The average molecular weight is 644 g/mol. The molecule has 0 radical (unpaired) electrons. The number of nitrogens with zero attached hydrogens (tertiary/aromatic N) is 2. The van der Waals surface area contributed by atoms with Gasteiger partial charge < -0.3 is 4.98 Å². The van der Waals surface area contributed by atoms with Gasteiger partial charge in [-0.1, -0.05) is 145 Å². The average Bonchev–Trinajstić information content (AvgIpc) is 3.46. The monoisotopic (exact) mass is 643 g/mol. The summed E-state index contributed by atoms with van der Waals surface area (Å²) in [5.41, 5.74) is 11.5. The molecule has 0 aliphatic carbocycles. The van der Waals surface area contributed by atoms with Gasteiger partial charge in [0.25, 0.3) is 0 Å². The van der Waals surface area contributed by atoms with E-state index >= 15 is 0 Å². The molecule has 0 aliphatic heterocycles. The summed E-state index contributed by atoms with van der Waals surface area (Å²) in [6, 6.07) is 42.1. The van der Waals surface area contributed by atoms with Crippen LogP contribution in [0.1, 0.15) is 52.7 Å². The maximum atomic E-state index is 5.44. The Morgan fingerprint density at radius 1 is 0.562 bits per heavy atom. The normalized spacial score (nSPS) is 12.6. The summed E-state index contributed by atoms with van der Waals surface area (Å²) in [7, 11) is -2.03. The summed E-state index contributed by atoms with van der Waals surface area (Å²) in [6.45, 7) is 18.6. The lowest BCUT2D eigenvalue weighted by Crippen LogP contribution is -2.54. The summed E-state index contributed by atoms with van der Waals surface area (Å²) >= 11 is 0. The van der Waals surface area contributed by atoms with Crippen molar-refractivity contribution in [1.82, 2.24) is 15.0 Å². The van der Waals surface area contributed by atoms with Crippen LogP contribution in [0.3, 0.4) is 0 Å². The molecule has 0 unspecified atom stereocenters. The van der Waals surface area contributed by atoms with E-state index in [-0.39, 0.29) is 10.8 Å². The van der Waals surface area contributed by atoms with E-state index in [2.05, 4.69) is 169 Å². The van der Waals surface area contributed by atoms with Gasteiger partial charge in [0.15, 0.2) is 0 Å². The van der Waals surface area contributed by atoms with Crippen LogP contribution < -0.4 is 10.5 Å². The molecule has 0 amide bonds. The van der Waals surface area contributed by atoms with E-state index in [1.54, 1.807) is 0 Å². The molecule has 240 valence electrons. The molecule has 0 bridgehead atoms. The molecule has 0 fully saturated rings. The Kier molecular flexibility index (Phi) is 7.75. The van der Waals surface area contributed by atoms with E-state index in [0.717, 1.165) is 33.5 Å². The Morgan fingerprint density at radius 3 is 1.92 bits per heavy atom. The van der Waals surface area contributed by atoms with Gasteiger partial charge in [-0.15, -0.1) is 0 Å². The zero-order chi connectivity index (χ0) is 33.8. The van der Waals surface area contributed by atoms with Gasteiger partial charge >= 0.3 is 0 Å². The SMILES string of the molecule is CC(C)(C)c1cc(-c2cc(-c3cccc([Si](C)(C)c4ccccn4)c3)nc(-c3cccc4c3[nH]c3ccccc34)c2)cc(C(C)(C)C)c1. The summed E-state index contributed by atoms with van der Waals surface area (Å²) < 4.78 is 0. The van der Waals surface area contributed by atoms with Gasteiger partial charge in [-0.05, 0) is 63.4 Å². The van der Waals surface area contributed by atoms with Gasteiger partial charge in [-0.25, -0.2) is 4.98 Å². The molecule has 3 aromatic heterocycles. The fourth-order valence-corrected chi connectivity index (χ4v) is 8.91. The molecule has 7 rings (SSSR count). The molecule has 4 heteroatoms. The van der Waals surface area contributed by atoms with E-state index < -0.39 is 8.07 Å². The Balaban J connectivity index is 1.48. The largest absolute Gasteiger partial charge is 0.354 e. The first kappa shape index (κ1) is 31.8. The maximum absolute atomic E-state index is 5.44. The predicted molar refractivity (Wildman–Crippen MR) is 208 cm³/mol. The van der Waals surface area contributed by atoms with E-state index in [1.807, 2.05) is 12.3 Å². The molecule has 3 nitrogen and oxygen atoms in total. The van der Waals surface area contributed by atoms with E-state index in [9.17, 15) is 0 Å². The van der Waals surface area contributed by atoms with Crippen LogP contribution in [0, 0.1) is 0 Å². The first-order valence-electron chi connectivity index (χ1n) is 17.0. The molecule has 0 atom stereocenters. The van der Waals surface area contributed by atoms with Gasteiger partial charge in [-0.3, -0.25) is 4.98 Å². The van der Waals surface area contributed by atoms with E-state index in [1.165, 1.54) is 43.5 Å². The number of hydrogen-bond acceptors (Lipinski definition) is 2. The van der Waals surface area contributed by atoms with Gasteiger partial charge in [0.05, 0.1) is 16.9 Å². The summed E-state index contributed by atoms with van der Waals surface area (Å²) in [5, 5.41) is 4.97. The lowest BCUT2D eigenvalue weighted by atomic mass is 9.79. The molecular formula is C44H45N3Si. The van der Waals surface area contributed by atoms with Crippen molar-refractivity contribution in [2.75, 3.05) is 0 Å². The lowest BCUT2D eigenvalue weighted by molar-refractivity contribution is 0.569. The Hall–Kier alpha value is -4.80. The van der Waals surface area contributed by atoms with Crippen LogP contribution in [-0.4, -0.2) is 23.0 Å². The standard InChI is InChI=1S/C44H45N3Si/c1-43(2,3)32-23-30(24-33(28-32)44(4,5)6)31-26-39(29-15-13-16-34(25-29)48(7,8)41-21-11-12-22-45-41)46-40(27-31)37-19-14-18-36-35-17-9-10-20-38(35)47-42(36)37/h9-28,47H,1-8H3. The second-order valence-corrected chi connectivity index (χ2v) is 20.1. The third-order valence-corrected chi connectivity index (χ3v) is 13.2. The van der Waals surface area contributed by atoms with Crippen LogP contribution in [0.5, 0.6) is 0 Å². The Bertz CT molecular complexity index is 2250. The first-order chi connectivity index (χ1) is 22.8. The van der Waals surface area contributed by atoms with Crippen molar-refractivity contribution >= 4 is 40.4 Å². The number of H-pyrrole nitrogens is 1. The van der Waals surface area contributed by atoms with Crippen LogP contribution in [0.25, 0.3) is 55.4 Å². The Labute approximate surface area is 286 Å². The summed E-state index contributed by atoms with van der Waals surface area (Å²) in [5.74, 6) is 0. The van der Waals surface area contributed by atoms with E-state index in [4.69, 9.17) is 9.97 Å². The number of aromatic nitrogens is 3. The fraction of sp³-hybridized carbons (Fsp3) is 0.227. The quantitative estimate of drug-likeness (QED) is 0.190.